The van der Waals surface area contributed by atoms with E-state index in [1.54, 1.807) is 6.08 Å². The lowest BCUT2D eigenvalue weighted by molar-refractivity contribution is 0.919. The van der Waals surface area contributed by atoms with Crippen LogP contribution in [0.4, 0.5) is 5.69 Å². The van der Waals surface area contributed by atoms with E-state index in [4.69, 9.17) is 0 Å². The fraction of sp³-hybridized carbons (Fsp3) is 0.304. The first-order valence-electron chi connectivity index (χ1n) is 8.44. The molecular formula is C23H31N. The van der Waals surface area contributed by atoms with Crippen molar-refractivity contribution in [1.82, 2.24) is 0 Å². The summed E-state index contributed by atoms with van der Waals surface area (Å²) in [5, 5.41) is 3.63. The average molecular weight is 322 g/mol. The van der Waals surface area contributed by atoms with E-state index in [2.05, 4.69) is 83.4 Å². The Morgan fingerprint density at radius 1 is 1.17 bits per heavy atom. The molecular weight excluding hydrogens is 290 g/mol. The van der Waals surface area contributed by atoms with Gasteiger partial charge in [-0.15, -0.1) is 0 Å². The van der Waals surface area contributed by atoms with E-state index in [0.717, 1.165) is 11.3 Å². The molecule has 128 valence electrons. The Morgan fingerprint density at radius 3 is 2.38 bits per heavy atom. The van der Waals surface area contributed by atoms with Crippen molar-refractivity contribution < 1.29 is 0 Å². The molecule has 0 fully saturated rings. The molecule has 24 heavy (non-hydrogen) atoms. The van der Waals surface area contributed by atoms with Crippen LogP contribution >= 0.6 is 0 Å². The second kappa shape index (κ2) is 9.12. The van der Waals surface area contributed by atoms with Crippen LogP contribution in [0.15, 0.2) is 72.4 Å². The van der Waals surface area contributed by atoms with Crippen molar-refractivity contribution in [3.63, 3.8) is 0 Å². The monoisotopic (exact) mass is 321 g/mol. The van der Waals surface area contributed by atoms with Crippen LogP contribution in [0.2, 0.25) is 0 Å². The summed E-state index contributed by atoms with van der Waals surface area (Å²) in [7, 11) is 0. The highest BCUT2D eigenvalue weighted by Gasteiger charge is 2.08. The van der Waals surface area contributed by atoms with Crippen molar-refractivity contribution in [2.45, 2.75) is 47.6 Å². The Kier molecular flexibility index (Phi) is 7.51. The first-order valence-corrected chi connectivity index (χ1v) is 8.44. The summed E-state index contributed by atoms with van der Waals surface area (Å²) in [6.45, 7) is 20.6. The van der Waals surface area contributed by atoms with E-state index in [0.29, 0.717) is 0 Å². The van der Waals surface area contributed by atoms with Gasteiger partial charge < -0.3 is 5.32 Å². The van der Waals surface area contributed by atoms with Crippen LogP contribution in [-0.2, 0) is 0 Å². The fourth-order valence-corrected chi connectivity index (χ4v) is 2.29. The highest BCUT2D eigenvalue weighted by Crippen LogP contribution is 2.23. The third-order valence-electron chi connectivity index (χ3n) is 4.16. The third-order valence-corrected chi connectivity index (χ3v) is 4.16. The Morgan fingerprint density at radius 2 is 1.83 bits per heavy atom. The van der Waals surface area contributed by atoms with Gasteiger partial charge in [0.25, 0.3) is 0 Å². The largest absolute Gasteiger partial charge is 0.379 e. The minimum atomic E-state index is 0.246. The van der Waals surface area contributed by atoms with Gasteiger partial charge in [-0.3, -0.25) is 0 Å². The summed E-state index contributed by atoms with van der Waals surface area (Å²) in [5.74, 6) is 0. The molecule has 0 aliphatic carbocycles. The molecule has 0 saturated carbocycles. The maximum atomic E-state index is 4.04. The molecule has 1 heteroatoms. The summed E-state index contributed by atoms with van der Waals surface area (Å²) in [6, 6.07) is 6.70. The maximum absolute atomic E-state index is 4.04. The fourth-order valence-electron chi connectivity index (χ4n) is 2.29. The Hall–Kier alpha value is -2.28. The van der Waals surface area contributed by atoms with Crippen LogP contribution in [0.3, 0.4) is 0 Å². The zero-order chi connectivity index (χ0) is 18.3. The van der Waals surface area contributed by atoms with Gasteiger partial charge in [0.2, 0.25) is 0 Å². The van der Waals surface area contributed by atoms with E-state index >= 15 is 0 Å². The highest BCUT2D eigenvalue weighted by molar-refractivity contribution is 5.67. The maximum Gasteiger partial charge on any atom is 0.0446 e. The number of hydrogen-bond acceptors (Lipinski definition) is 1. The second-order valence-corrected chi connectivity index (χ2v) is 6.61. The van der Waals surface area contributed by atoms with Crippen molar-refractivity contribution in [3.05, 3.63) is 83.5 Å². The zero-order valence-electron chi connectivity index (χ0n) is 16.0. The summed E-state index contributed by atoms with van der Waals surface area (Å²) in [5.41, 5.74) is 8.48. The molecule has 1 rings (SSSR count). The van der Waals surface area contributed by atoms with Gasteiger partial charge in [-0.2, -0.15) is 0 Å². The lowest BCUT2D eigenvalue weighted by Gasteiger charge is -2.19. The summed E-state index contributed by atoms with van der Waals surface area (Å²) in [4.78, 5) is 0. The van der Waals surface area contributed by atoms with Crippen molar-refractivity contribution in [1.29, 1.82) is 0 Å². The average Bonchev–Trinajstić information content (AvgIpc) is 2.52. The van der Waals surface area contributed by atoms with Gasteiger partial charge in [0.15, 0.2) is 0 Å². The molecule has 1 N–H and O–H groups in total. The third kappa shape index (κ3) is 5.73. The van der Waals surface area contributed by atoms with Gasteiger partial charge in [0.05, 0.1) is 0 Å². The van der Waals surface area contributed by atoms with E-state index in [-0.39, 0.29) is 6.04 Å². The summed E-state index contributed by atoms with van der Waals surface area (Å²) in [6.07, 6.45) is 8.13. The van der Waals surface area contributed by atoms with Crippen LogP contribution in [0.25, 0.3) is 5.57 Å². The van der Waals surface area contributed by atoms with Crippen LogP contribution in [0.5, 0.6) is 0 Å². The minimum Gasteiger partial charge on any atom is -0.379 e. The van der Waals surface area contributed by atoms with Gasteiger partial charge in [-0.05, 0) is 64.3 Å². The molecule has 1 atom stereocenters. The number of hydrogen-bond donors (Lipinski definition) is 1. The molecule has 0 aromatic heterocycles. The van der Waals surface area contributed by atoms with Crippen LogP contribution in [0.1, 0.15) is 45.7 Å². The molecule has 0 amide bonds. The Balaban J connectivity index is 3.04. The van der Waals surface area contributed by atoms with Crippen LogP contribution < -0.4 is 5.32 Å². The molecule has 0 spiro atoms. The number of allylic oxidation sites excluding steroid dienone is 7. The van der Waals surface area contributed by atoms with E-state index < -0.39 is 0 Å². The molecule has 0 aliphatic heterocycles. The predicted octanol–water partition coefficient (Wildman–Crippen LogP) is 6.85. The van der Waals surface area contributed by atoms with Crippen LogP contribution in [-0.4, -0.2) is 6.04 Å². The first kappa shape index (κ1) is 19.8. The standard InChI is InChI=1S/C23H31N/c1-9-10-11-21(16(2)3)14-19(7)20(8)24-23-15-22(17(4)5)13-12-18(23)6/h9-15,20,24H,1,4H2,2-3,5-8H3/b11-10-,19-14+. The quantitative estimate of drug-likeness (QED) is 0.541. The van der Waals surface area contributed by atoms with Gasteiger partial charge in [0, 0.05) is 11.7 Å². The van der Waals surface area contributed by atoms with Gasteiger partial charge in [-0.25, -0.2) is 0 Å². The molecule has 1 nitrogen and oxygen atoms in total. The molecule has 0 bridgehead atoms. The SMILES string of the molecule is C=C/C=C\C(/C=C(\C)C(C)Nc1cc(C(=C)C)ccc1C)=C(C)C. The van der Waals surface area contributed by atoms with Gasteiger partial charge in [-0.1, -0.05) is 66.3 Å². The molecule has 0 radical (unpaired) electrons. The molecule has 1 unspecified atom stereocenters. The second-order valence-electron chi connectivity index (χ2n) is 6.61. The first-order chi connectivity index (χ1) is 11.3. The number of nitrogens with one attached hydrogen (secondary N) is 1. The normalized spacial score (nSPS) is 12.8. The Bertz CT molecular complexity index is 695. The number of benzene rings is 1. The number of aryl methyl sites for hydroxylation is 1. The van der Waals surface area contributed by atoms with Gasteiger partial charge >= 0.3 is 0 Å². The summed E-state index contributed by atoms with van der Waals surface area (Å²) < 4.78 is 0. The van der Waals surface area contributed by atoms with Crippen molar-refractivity contribution in [3.8, 4) is 0 Å². The smallest absolute Gasteiger partial charge is 0.0446 e. The lowest BCUT2D eigenvalue weighted by Crippen LogP contribution is -2.17. The lowest BCUT2D eigenvalue weighted by atomic mass is 10.0. The van der Waals surface area contributed by atoms with Gasteiger partial charge in [0.1, 0.15) is 0 Å². The molecule has 1 aromatic carbocycles. The zero-order valence-corrected chi connectivity index (χ0v) is 16.0. The summed E-state index contributed by atoms with van der Waals surface area (Å²) >= 11 is 0. The molecule has 1 aromatic rings. The Labute approximate surface area is 148 Å². The predicted molar refractivity (Wildman–Crippen MR) is 110 cm³/mol. The molecule has 0 aliphatic rings. The topological polar surface area (TPSA) is 12.0 Å². The molecule has 0 saturated heterocycles. The van der Waals surface area contributed by atoms with Crippen molar-refractivity contribution in [2.24, 2.45) is 0 Å². The van der Waals surface area contributed by atoms with E-state index in [1.165, 1.54) is 27.8 Å². The molecule has 0 heterocycles. The van der Waals surface area contributed by atoms with E-state index in [9.17, 15) is 0 Å². The highest BCUT2D eigenvalue weighted by atomic mass is 14.9. The van der Waals surface area contributed by atoms with Crippen molar-refractivity contribution >= 4 is 11.3 Å². The minimum absolute atomic E-state index is 0.246. The van der Waals surface area contributed by atoms with Crippen LogP contribution in [0, 0.1) is 6.92 Å². The number of rotatable bonds is 7. The van der Waals surface area contributed by atoms with Crippen molar-refractivity contribution in [2.75, 3.05) is 5.32 Å². The van der Waals surface area contributed by atoms with E-state index in [1.807, 2.05) is 13.0 Å². The number of anilines is 1.